The molecule has 0 saturated carbocycles. The van der Waals surface area contributed by atoms with E-state index in [1.54, 1.807) is 0 Å². The minimum atomic E-state index is -0.337. The highest BCUT2D eigenvalue weighted by atomic mass is 35.5. The zero-order valence-corrected chi connectivity index (χ0v) is 9.70. The molecule has 0 N–H and O–H groups in total. The Kier molecular flexibility index (Phi) is 4.39. The molecule has 13 heavy (non-hydrogen) atoms. The fourth-order valence-electron chi connectivity index (χ4n) is 1.40. The lowest BCUT2D eigenvalue weighted by Crippen LogP contribution is -2.41. The molecule has 0 spiro atoms. The Morgan fingerprint density at radius 3 is 2.92 bits per heavy atom. The van der Waals surface area contributed by atoms with E-state index in [4.69, 9.17) is 11.6 Å². The number of thioether (sulfide) groups is 1. The SMILES string of the molecule is CCC(Cl)C(=O)N(C)C1CCSC1. The van der Waals surface area contributed by atoms with Crippen LogP contribution in [0.25, 0.3) is 0 Å². The van der Waals surface area contributed by atoms with Gasteiger partial charge in [-0.15, -0.1) is 11.6 Å². The van der Waals surface area contributed by atoms with Crippen LogP contribution in [0.4, 0.5) is 0 Å². The van der Waals surface area contributed by atoms with Gasteiger partial charge in [-0.2, -0.15) is 11.8 Å². The van der Waals surface area contributed by atoms with E-state index < -0.39 is 0 Å². The highest BCUT2D eigenvalue weighted by molar-refractivity contribution is 7.99. The summed E-state index contributed by atoms with van der Waals surface area (Å²) in [5.74, 6) is 2.31. The number of alkyl halides is 1. The van der Waals surface area contributed by atoms with E-state index in [9.17, 15) is 4.79 Å². The normalized spacial score (nSPS) is 24.4. The Morgan fingerprint density at radius 1 is 1.77 bits per heavy atom. The van der Waals surface area contributed by atoms with Crippen LogP contribution in [-0.2, 0) is 4.79 Å². The molecule has 1 heterocycles. The summed E-state index contributed by atoms with van der Waals surface area (Å²) in [4.78, 5) is 13.5. The second-order valence-corrected chi connectivity index (χ2v) is 5.02. The molecule has 2 unspecified atom stereocenters. The summed E-state index contributed by atoms with van der Waals surface area (Å²) in [5, 5.41) is -0.337. The van der Waals surface area contributed by atoms with Crippen LogP contribution < -0.4 is 0 Å². The third kappa shape index (κ3) is 2.78. The third-order valence-electron chi connectivity index (χ3n) is 2.43. The molecule has 0 radical (unpaired) electrons. The van der Waals surface area contributed by atoms with Gasteiger partial charge in [0.25, 0.3) is 0 Å². The van der Waals surface area contributed by atoms with Crippen LogP contribution in [0.3, 0.4) is 0 Å². The van der Waals surface area contributed by atoms with Crippen molar-refractivity contribution in [1.29, 1.82) is 0 Å². The number of hydrogen-bond donors (Lipinski definition) is 0. The monoisotopic (exact) mass is 221 g/mol. The Bertz CT molecular complexity index is 182. The maximum Gasteiger partial charge on any atom is 0.240 e. The molecule has 2 atom stereocenters. The van der Waals surface area contributed by atoms with Gasteiger partial charge >= 0.3 is 0 Å². The number of hydrogen-bond acceptors (Lipinski definition) is 2. The predicted molar refractivity (Wildman–Crippen MR) is 58.4 cm³/mol. The number of carbonyl (C=O) groups is 1. The fourth-order valence-corrected chi connectivity index (χ4v) is 2.82. The molecule has 1 saturated heterocycles. The second kappa shape index (κ2) is 5.11. The van der Waals surface area contributed by atoms with Gasteiger partial charge in [-0.1, -0.05) is 6.92 Å². The molecule has 1 amide bonds. The van der Waals surface area contributed by atoms with E-state index >= 15 is 0 Å². The predicted octanol–water partition coefficient (Wildman–Crippen LogP) is 1.97. The van der Waals surface area contributed by atoms with Gasteiger partial charge in [0.05, 0.1) is 0 Å². The number of amides is 1. The topological polar surface area (TPSA) is 20.3 Å². The molecule has 1 aliphatic rings. The van der Waals surface area contributed by atoms with E-state index in [2.05, 4.69) is 0 Å². The maximum atomic E-state index is 11.6. The number of carbonyl (C=O) groups excluding carboxylic acids is 1. The lowest BCUT2D eigenvalue weighted by Gasteiger charge is -2.25. The average Bonchev–Trinajstić information content (AvgIpc) is 2.67. The van der Waals surface area contributed by atoms with Crippen molar-refractivity contribution >= 4 is 29.3 Å². The zero-order chi connectivity index (χ0) is 9.84. The highest BCUT2D eigenvalue weighted by Crippen LogP contribution is 2.22. The summed E-state index contributed by atoms with van der Waals surface area (Å²) in [6.07, 6.45) is 1.82. The van der Waals surface area contributed by atoms with Gasteiger partial charge in [0.15, 0.2) is 0 Å². The molecular weight excluding hydrogens is 206 g/mol. The van der Waals surface area contributed by atoms with Gasteiger partial charge in [-0.05, 0) is 18.6 Å². The minimum absolute atomic E-state index is 0.0802. The molecule has 1 aliphatic heterocycles. The summed E-state index contributed by atoms with van der Waals surface area (Å²) in [6.45, 7) is 1.94. The van der Waals surface area contributed by atoms with Crippen LogP contribution in [0.5, 0.6) is 0 Å². The standard InChI is InChI=1S/C9H16ClNOS/c1-3-8(10)9(12)11(2)7-4-5-13-6-7/h7-8H,3-6H2,1-2H3. The van der Waals surface area contributed by atoms with Crippen LogP contribution in [-0.4, -0.2) is 40.8 Å². The van der Waals surface area contributed by atoms with Crippen LogP contribution >= 0.6 is 23.4 Å². The van der Waals surface area contributed by atoms with E-state index in [0.717, 1.165) is 12.2 Å². The molecule has 1 fully saturated rings. The molecule has 2 nitrogen and oxygen atoms in total. The van der Waals surface area contributed by atoms with Gasteiger partial charge in [-0.3, -0.25) is 4.79 Å². The molecule has 4 heteroatoms. The van der Waals surface area contributed by atoms with Crippen LogP contribution in [0.2, 0.25) is 0 Å². The zero-order valence-electron chi connectivity index (χ0n) is 8.12. The molecule has 0 aromatic rings. The first-order chi connectivity index (χ1) is 6.16. The Balaban J connectivity index is 2.45. The quantitative estimate of drug-likeness (QED) is 0.680. The van der Waals surface area contributed by atoms with Gasteiger partial charge in [0, 0.05) is 18.8 Å². The van der Waals surface area contributed by atoms with Gasteiger partial charge in [0.1, 0.15) is 5.38 Å². The lowest BCUT2D eigenvalue weighted by atomic mass is 10.2. The summed E-state index contributed by atoms with van der Waals surface area (Å²) >= 11 is 7.80. The largest absolute Gasteiger partial charge is 0.341 e. The molecule has 0 bridgehead atoms. The Morgan fingerprint density at radius 2 is 2.46 bits per heavy atom. The van der Waals surface area contributed by atoms with E-state index in [0.29, 0.717) is 12.5 Å². The first kappa shape index (κ1) is 11.2. The first-order valence-corrected chi connectivity index (χ1v) is 6.24. The summed E-state index contributed by atoms with van der Waals surface area (Å²) < 4.78 is 0. The molecule has 1 rings (SSSR count). The fraction of sp³-hybridized carbons (Fsp3) is 0.889. The number of rotatable bonds is 3. The number of halogens is 1. The van der Waals surface area contributed by atoms with Crippen LogP contribution in [0.1, 0.15) is 19.8 Å². The van der Waals surface area contributed by atoms with Crippen molar-refractivity contribution in [1.82, 2.24) is 4.90 Å². The highest BCUT2D eigenvalue weighted by Gasteiger charge is 2.26. The lowest BCUT2D eigenvalue weighted by molar-refractivity contribution is -0.131. The van der Waals surface area contributed by atoms with Crippen molar-refractivity contribution in [3.05, 3.63) is 0 Å². The molecule has 0 aromatic heterocycles. The molecule has 0 aliphatic carbocycles. The molecular formula is C9H16ClNOS. The van der Waals surface area contributed by atoms with Crippen LogP contribution in [0, 0.1) is 0 Å². The van der Waals surface area contributed by atoms with Crippen molar-refractivity contribution in [2.75, 3.05) is 18.6 Å². The van der Waals surface area contributed by atoms with Crippen molar-refractivity contribution in [3.63, 3.8) is 0 Å². The van der Waals surface area contributed by atoms with Gasteiger partial charge in [-0.25, -0.2) is 0 Å². The van der Waals surface area contributed by atoms with E-state index in [-0.39, 0.29) is 11.3 Å². The first-order valence-electron chi connectivity index (χ1n) is 4.65. The van der Waals surface area contributed by atoms with Crippen molar-refractivity contribution in [2.45, 2.75) is 31.2 Å². The van der Waals surface area contributed by atoms with E-state index in [1.165, 1.54) is 5.75 Å². The summed E-state index contributed by atoms with van der Waals surface area (Å²) in [5.41, 5.74) is 0. The third-order valence-corrected chi connectivity index (χ3v) is 4.07. The molecule has 76 valence electrons. The van der Waals surface area contributed by atoms with Crippen molar-refractivity contribution < 1.29 is 4.79 Å². The minimum Gasteiger partial charge on any atom is -0.341 e. The van der Waals surface area contributed by atoms with Gasteiger partial charge in [0.2, 0.25) is 5.91 Å². The van der Waals surface area contributed by atoms with Gasteiger partial charge < -0.3 is 4.90 Å². The van der Waals surface area contributed by atoms with E-state index in [1.807, 2.05) is 30.6 Å². The second-order valence-electron chi connectivity index (χ2n) is 3.34. The van der Waals surface area contributed by atoms with Crippen LogP contribution in [0.15, 0.2) is 0 Å². The molecule has 0 aromatic carbocycles. The Hall–Kier alpha value is 0.110. The smallest absolute Gasteiger partial charge is 0.240 e. The number of nitrogens with zero attached hydrogens (tertiary/aromatic N) is 1. The van der Waals surface area contributed by atoms with Crippen molar-refractivity contribution in [2.24, 2.45) is 0 Å². The Labute approximate surface area is 89.0 Å². The summed E-state index contributed by atoms with van der Waals surface area (Å²) in [7, 11) is 1.86. The maximum absolute atomic E-state index is 11.6. The van der Waals surface area contributed by atoms with Crippen molar-refractivity contribution in [3.8, 4) is 0 Å². The average molecular weight is 222 g/mol. The summed E-state index contributed by atoms with van der Waals surface area (Å²) in [6, 6.07) is 0.408.